The second-order valence-corrected chi connectivity index (χ2v) is 3.37. The van der Waals surface area contributed by atoms with E-state index in [-0.39, 0.29) is 19.0 Å². The summed E-state index contributed by atoms with van der Waals surface area (Å²) < 4.78 is 1.83. The van der Waals surface area contributed by atoms with E-state index < -0.39 is 17.8 Å². The van der Waals surface area contributed by atoms with Crippen LogP contribution in [0.1, 0.15) is 6.42 Å². The van der Waals surface area contributed by atoms with Crippen molar-refractivity contribution in [2.45, 2.75) is 13.0 Å². The predicted octanol–water partition coefficient (Wildman–Crippen LogP) is -0.227. The molecule has 0 atom stereocenters. The molecule has 7 nitrogen and oxygen atoms in total. The summed E-state index contributed by atoms with van der Waals surface area (Å²) in [6.45, 7) is 0.875. The van der Waals surface area contributed by atoms with Crippen molar-refractivity contribution in [1.29, 1.82) is 0 Å². The first-order valence-electron chi connectivity index (χ1n) is 4.81. The summed E-state index contributed by atoms with van der Waals surface area (Å²) in [6, 6.07) is -0.638. The molecular formula is C9H11ClN4O3. The molecule has 0 aromatic carbocycles. The lowest BCUT2D eigenvalue weighted by Crippen LogP contribution is -2.32. The summed E-state index contributed by atoms with van der Waals surface area (Å²) in [5.74, 6) is -1.64. The maximum absolute atomic E-state index is 11.2. The van der Waals surface area contributed by atoms with Crippen LogP contribution in [0.15, 0.2) is 18.7 Å². The van der Waals surface area contributed by atoms with Gasteiger partial charge in [0.1, 0.15) is 0 Å². The molecule has 2 rings (SSSR count). The summed E-state index contributed by atoms with van der Waals surface area (Å²) in [5.41, 5.74) is 0. The number of hydrogen-bond acceptors (Lipinski definition) is 4. The molecule has 0 aliphatic carbocycles. The van der Waals surface area contributed by atoms with Gasteiger partial charge in [0, 0.05) is 25.5 Å². The SMILES string of the molecule is Cl.O=C1NC(=O)N(CCCn2ccnc2)C1=O. The largest absolute Gasteiger partial charge is 0.337 e. The number of hydrogen-bond donors (Lipinski definition) is 1. The Balaban J connectivity index is 0.00000144. The Morgan fingerprint density at radius 2 is 2.00 bits per heavy atom. The number of nitrogens with zero attached hydrogens (tertiary/aromatic N) is 3. The normalized spacial score (nSPS) is 14.8. The molecule has 0 bridgehead atoms. The van der Waals surface area contributed by atoms with Crippen LogP contribution < -0.4 is 5.32 Å². The summed E-state index contributed by atoms with van der Waals surface area (Å²) in [7, 11) is 0. The molecular weight excluding hydrogens is 248 g/mol. The van der Waals surface area contributed by atoms with Gasteiger partial charge < -0.3 is 4.57 Å². The second kappa shape index (κ2) is 5.44. The van der Waals surface area contributed by atoms with Gasteiger partial charge in [-0.2, -0.15) is 0 Å². The third-order valence-electron chi connectivity index (χ3n) is 2.26. The number of carbonyl (C=O) groups excluding carboxylic acids is 3. The molecule has 1 saturated heterocycles. The van der Waals surface area contributed by atoms with E-state index in [1.54, 1.807) is 18.7 Å². The zero-order chi connectivity index (χ0) is 11.5. The van der Waals surface area contributed by atoms with Gasteiger partial charge in [0.15, 0.2) is 0 Å². The Kier molecular flexibility index (Phi) is 4.22. The maximum Gasteiger partial charge on any atom is 0.331 e. The third-order valence-corrected chi connectivity index (χ3v) is 2.26. The van der Waals surface area contributed by atoms with E-state index in [1.807, 2.05) is 9.88 Å². The molecule has 17 heavy (non-hydrogen) atoms. The van der Waals surface area contributed by atoms with Crippen molar-refractivity contribution in [2.24, 2.45) is 0 Å². The molecule has 1 fully saturated rings. The smallest absolute Gasteiger partial charge is 0.331 e. The number of aryl methyl sites for hydroxylation is 1. The minimum Gasteiger partial charge on any atom is -0.337 e. The number of carbonyl (C=O) groups is 3. The molecule has 1 aliphatic heterocycles. The topological polar surface area (TPSA) is 84.3 Å². The highest BCUT2D eigenvalue weighted by Crippen LogP contribution is 2.02. The van der Waals surface area contributed by atoms with Gasteiger partial charge in [0.05, 0.1) is 6.33 Å². The molecule has 1 aromatic heterocycles. The third kappa shape index (κ3) is 2.82. The van der Waals surface area contributed by atoms with E-state index >= 15 is 0 Å². The van der Waals surface area contributed by atoms with Crippen LogP contribution >= 0.6 is 12.4 Å². The van der Waals surface area contributed by atoms with E-state index in [9.17, 15) is 14.4 Å². The van der Waals surface area contributed by atoms with Gasteiger partial charge in [0.2, 0.25) is 0 Å². The number of nitrogens with one attached hydrogen (secondary N) is 1. The van der Waals surface area contributed by atoms with Crippen molar-refractivity contribution in [3.8, 4) is 0 Å². The second-order valence-electron chi connectivity index (χ2n) is 3.37. The minimum absolute atomic E-state index is 0. The van der Waals surface area contributed by atoms with Gasteiger partial charge in [-0.1, -0.05) is 0 Å². The van der Waals surface area contributed by atoms with Crippen molar-refractivity contribution >= 4 is 30.3 Å². The van der Waals surface area contributed by atoms with Gasteiger partial charge in [-0.25, -0.2) is 9.78 Å². The zero-order valence-electron chi connectivity index (χ0n) is 8.83. The molecule has 0 radical (unpaired) electrons. The highest BCUT2D eigenvalue weighted by atomic mass is 35.5. The van der Waals surface area contributed by atoms with E-state index in [4.69, 9.17) is 0 Å². The Hall–Kier alpha value is -1.89. The number of halogens is 1. The van der Waals surface area contributed by atoms with Gasteiger partial charge in [0.25, 0.3) is 0 Å². The van der Waals surface area contributed by atoms with Crippen molar-refractivity contribution in [3.63, 3.8) is 0 Å². The van der Waals surface area contributed by atoms with Crippen LogP contribution in [-0.2, 0) is 16.1 Å². The highest BCUT2D eigenvalue weighted by molar-refractivity contribution is 6.44. The van der Waals surface area contributed by atoms with Crippen LogP contribution in [0.3, 0.4) is 0 Å². The number of imidazole rings is 1. The van der Waals surface area contributed by atoms with Crippen LogP contribution in [0.25, 0.3) is 0 Å². The summed E-state index contributed by atoms with van der Waals surface area (Å²) in [4.78, 5) is 38.0. The summed E-state index contributed by atoms with van der Waals surface area (Å²) >= 11 is 0. The van der Waals surface area contributed by atoms with E-state index in [1.165, 1.54) is 0 Å². The summed E-state index contributed by atoms with van der Waals surface area (Å²) in [5, 5.41) is 1.94. The van der Waals surface area contributed by atoms with Crippen LogP contribution in [0.5, 0.6) is 0 Å². The lowest BCUT2D eigenvalue weighted by Gasteiger charge is -2.10. The zero-order valence-corrected chi connectivity index (χ0v) is 9.64. The fourth-order valence-electron chi connectivity index (χ4n) is 1.47. The van der Waals surface area contributed by atoms with Crippen molar-refractivity contribution in [3.05, 3.63) is 18.7 Å². The van der Waals surface area contributed by atoms with Gasteiger partial charge in [-0.15, -0.1) is 12.4 Å². The van der Waals surface area contributed by atoms with Crippen molar-refractivity contribution < 1.29 is 14.4 Å². The molecule has 1 N–H and O–H groups in total. The van der Waals surface area contributed by atoms with Crippen LogP contribution in [0, 0.1) is 0 Å². The first-order chi connectivity index (χ1) is 7.68. The monoisotopic (exact) mass is 258 g/mol. The molecule has 8 heteroatoms. The number of amides is 4. The number of imide groups is 2. The lowest BCUT2D eigenvalue weighted by molar-refractivity contribution is -0.140. The molecule has 4 amide bonds. The molecule has 0 saturated carbocycles. The molecule has 1 aliphatic rings. The van der Waals surface area contributed by atoms with E-state index in [2.05, 4.69) is 4.98 Å². The average molecular weight is 259 g/mol. The fourth-order valence-corrected chi connectivity index (χ4v) is 1.47. The Morgan fingerprint density at radius 1 is 1.24 bits per heavy atom. The van der Waals surface area contributed by atoms with Crippen LogP contribution in [0.4, 0.5) is 4.79 Å². The van der Waals surface area contributed by atoms with Crippen LogP contribution in [0.2, 0.25) is 0 Å². The summed E-state index contributed by atoms with van der Waals surface area (Å²) in [6.07, 6.45) is 5.67. The highest BCUT2D eigenvalue weighted by Gasteiger charge is 2.36. The Morgan fingerprint density at radius 3 is 2.53 bits per heavy atom. The average Bonchev–Trinajstić information content (AvgIpc) is 2.82. The van der Waals surface area contributed by atoms with Gasteiger partial charge in [-0.3, -0.25) is 19.8 Å². The maximum atomic E-state index is 11.2. The molecule has 1 aromatic rings. The number of aromatic nitrogens is 2. The molecule has 0 spiro atoms. The predicted molar refractivity (Wildman–Crippen MR) is 59.3 cm³/mol. The lowest BCUT2D eigenvalue weighted by atomic mass is 10.4. The standard InChI is InChI=1S/C9H10N4O3.ClH/c14-7-8(15)13(9(16)11-7)4-1-3-12-5-2-10-6-12;/h2,5-6H,1,3-4H2,(H,11,14,16);1H. The number of rotatable bonds is 4. The molecule has 2 heterocycles. The molecule has 92 valence electrons. The van der Waals surface area contributed by atoms with Crippen molar-refractivity contribution in [2.75, 3.05) is 6.54 Å². The molecule has 0 unspecified atom stereocenters. The first kappa shape index (κ1) is 13.2. The fraction of sp³-hybridized carbons (Fsp3) is 0.333. The minimum atomic E-state index is -0.854. The number of urea groups is 1. The first-order valence-corrected chi connectivity index (χ1v) is 4.81. The van der Waals surface area contributed by atoms with Crippen LogP contribution in [-0.4, -0.2) is 38.8 Å². The van der Waals surface area contributed by atoms with Crippen molar-refractivity contribution in [1.82, 2.24) is 19.8 Å². The Bertz CT molecular complexity index is 431. The van der Waals surface area contributed by atoms with E-state index in [0.717, 1.165) is 4.90 Å². The quantitative estimate of drug-likeness (QED) is 0.597. The van der Waals surface area contributed by atoms with Gasteiger partial charge >= 0.3 is 17.8 Å². The van der Waals surface area contributed by atoms with Gasteiger partial charge in [-0.05, 0) is 6.42 Å². The Labute approximate surface area is 103 Å². The van der Waals surface area contributed by atoms with E-state index in [0.29, 0.717) is 13.0 Å².